The molecular weight excluding hydrogens is 264 g/mol. The number of aryl methyl sites for hydroxylation is 1. The Kier molecular flexibility index (Phi) is 5.59. The number of anilines is 1. The van der Waals surface area contributed by atoms with E-state index in [1.807, 2.05) is 13.0 Å². The maximum atomic E-state index is 11.5. The number of carbonyl (C=O) groups is 2. The van der Waals surface area contributed by atoms with Crippen molar-refractivity contribution < 1.29 is 23.5 Å². The molecule has 0 aliphatic rings. The Bertz CT molecular complexity index is 542. The van der Waals surface area contributed by atoms with E-state index in [0.29, 0.717) is 0 Å². The van der Waals surface area contributed by atoms with Gasteiger partial charge >= 0.3 is 12.1 Å². The summed E-state index contributed by atoms with van der Waals surface area (Å²) >= 11 is 0. The number of hydrogen-bond donors (Lipinski definition) is 1. The van der Waals surface area contributed by atoms with Gasteiger partial charge in [0.25, 0.3) is 0 Å². The average molecular weight is 280 g/mol. The summed E-state index contributed by atoms with van der Waals surface area (Å²) in [5.74, 6) is -0.626. The summed E-state index contributed by atoms with van der Waals surface area (Å²) in [6.07, 6.45) is 0.895. The fraction of sp³-hybridized carbons (Fsp3) is 0.462. The third kappa shape index (κ3) is 3.51. The van der Waals surface area contributed by atoms with Gasteiger partial charge in [0, 0.05) is 0 Å². The van der Waals surface area contributed by atoms with Crippen LogP contribution in [0, 0.1) is 18.3 Å². The lowest BCUT2D eigenvalue weighted by Gasteiger charge is -2.04. The molecule has 108 valence electrons. The van der Waals surface area contributed by atoms with Crippen LogP contribution in [0.1, 0.15) is 41.4 Å². The smallest absolute Gasteiger partial charge is 0.414 e. The average Bonchev–Trinajstić information content (AvgIpc) is 2.73. The Morgan fingerprint density at radius 2 is 2.15 bits per heavy atom. The normalized spacial score (nSPS) is 9.70. The van der Waals surface area contributed by atoms with Crippen LogP contribution in [-0.4, -0.2) is 25.8 Å². The van der Waals surface area contributed by atoms with Crippen molar-refractivity contribution in [3.8, 4) is 6.07 Å². The molecule has 0 aliphatic carbocycles. The van der Waals surface area contributed by atoms with Crippen LogP contribution < -0.4 is 5.32 Å². The fourth-order valence-corrected chi connectivity index (χ4v) is 1.53. The highest BCUT2D eigenvalue weighted by molar-refractivity contribution is 5.96. The van der Waals surface area contributed by atoms with Gasteiger partial charge in [0.05, 0.1) is 13.7 Å². The molecule has 7 heteroatoms. The van der Waals surface area contributed by atoms with E-state index in [4.69, 9.17) is 14.4 Å². The predicted molar refractivity (Wildman–Crippen MR) is 69.4 cm³/mol. The quantitative estimate of drug-likeness (QED) is 0.657. The Labute approximate surface area is 116 Å². The summed E-state index contributed by atoms with van der Waals surface area (Å²) in [5, 5.41) is 11.4. The van der Waals surface area contributed by atoms with Gasteiger partial charge in [0.2, 0.25) is 5.88 Å². The maximum absolute atomic E-state index is 11.5. The van der Waals surface area contributed by atoms with Crippen LogP contribution in [0.4, 0.5) is 10.7 Å². The van der Waals surface area contributed by atoms with Crippen molar-refractivity contribution in [3.05, 3.63) is 16.9 Å². The first kappa shape index (κ1) is 15.6. The number of hydrogen-bond acceptors (Lipinski definition) is 6. The molecule has 0 saturated heterocycles. The van der Waals surface area contributed by atoms with Gasteiger partial charge in [0.15, 0.2) is 0 Å². The number of unbranched alkanes of at least 4 members (excludes halogenated alkanes) is 1. The summed E-state index contributed by atoms with van der Waals surface area (Å²) in [7, 11) is 1.20. The number of nitrogens with zero attached hydrogens (tertiary/aromatic N) is 1. The fourth-order valence-electron chi connectivity index (χ4n) is 1.53. The lowest BCUT2D eigenvalue weighted by atomic mass is 10.1. The zero-order valence-corrected chi connectivity index (χ0v) is 11.6. The number of esters is 1. The molecular formula is C13H16N2O5. The molecule has 1 aromatic rings. The van der Waals surface area contributed by atoms with Crippen LogP contribution in [0.5, 0.6) is 0 Å². The third-order valence-electron chi connectivity index (χ3n) is 2.53. The van der Waals surface area contributed by atoms with E-state index >= 15 is 0 Å². The molecule has 7 nitrogen and oxygen atoms in total. The van der Waals surface area contributed by atoms with Gasteiger partial charge in [-0.15, -0.1) is 0 Å². The lowest BCUT2D eigenvalue weighted by molar-refractivity contribution is 0.0598. The number of methoxy groups -OCH3 is 1. The third-order valence-corrected chi connectivity index (χ3v) is 2.53. The molecule has 0 bridgehead atoms. The summed E-state index contributed by atoms with van der Waals surface area (Å²) in [6, 6.07) is 1.81. The summed E-state index contributed by atoms with van der Waals surface area (Å²) < 4.78 is 14.7. The van der Waals surface area contributed by atoms with Crippen LogP contribution in [-0.2, 0) is 9.47 Å². The second-order valence-corrected chi connectivity index (χ2v) is 3.96. The van der Waals surface area contributed by atoms with Crippen LogP contribution in [0.15, 0.2) is 4.42 Å². The highest BCUT2D eigenvalue weighted by atomic mass is 16.6. The number of amides is 1. The number of rotatable bonds is 5. The lowest BCUT2D eigenvalue weighted by Crippen LogP contribution is -2.15. The molecule has 0 spiro atoms. The van der Waals surface area contributed by atoms with Crippen molar-refractivity contribution in [2.75, 3.05) is 19.0 Å². The molecule has 1 rings (SSSR count). The number of furan rings is 1. The number of ether oxygens (including phenoxy) is 2. The van der Waals surface area contributed by atoms with Crippen LogP contribution >= 0.6 is 0 Å². The molecule has 0 aliphatic heterocycles. The van der Waals surface area contributed by atoms with Crippen molar-refractivity contribution in [1.29, 1.82) is 5.26 Å². The number of nitriles is 1. The van der Waals surface area contributed by atoms with Gasteiger partial charge in [-0.25, -0.2) is 9.59 Å². The molecule has 1 heterocycles. The van der Waals surface area contributed by atoms with Crippen molar-refractivity contribution in [1.82, 2.24) is 0 Å². The first-order valence-electron chi connectivity index (χ1n) is 6.10. The Morgan fingerprint density at radius 1 is 1.45 bits per heavy atom. The van der Waals surface area contributed by atoms with Crippen molar-refractivity contribution in [2.45, 2.75) is 26.7 Å². The predicted octanol–water partition coefficient (Wildman–Crippen LogP) is 2.59. The van der Waals surface area contributed by atoms with Crippen LogP contribution in [0.3, 0.4) is 0 Å². The first-order valence-corrected chi connectivity index (χ1v) is 6.10. The largest absolute Gasteiger partial charge is 0.465 e. The molecule has 0 fully saturated rings. The second-order valence-electron chi connectivity index (χ2n) is 3.96. The molecule has 1 amide bonds. The Balaban J connectivity index is 2.89. The van der Waals surface area contributed by atoms with Crippen LogP contribution in [0.2, 0.25) is 0 Å². The number of carbonyl (C=O) groups excluding carboxylic acids is 2. The molecule has 0 unspecified atom stereocenters. The Hall–Kier alpha value is -2.49. The van der Waals surface area contributed by atoms with E-state index in [9.17, 15) is 9.59 Å². The summed E-state index contributed by atoms with van der Waals surface area (Å²) in [4.78, 5) is 23.0. The maximum Gasteiger partial charge on any atom is 0.414 e. The summed E-state index contributed by atoms with van der Waals surface area (Å²) in [6.45, 7) is 3.74. The molecule has 20 heavy (non-hydrogen) atoms. The van der Waals surface area contributed by atoms with E-state index in [-0.39, 0.29) is 29.4 Å². The second kappa shape index (κ2) is 7.19. The standard InChI is InChI=1S/C13H16N2O5/c1-4-5-6-19-13(17)15-11-9(7-14)10(8(2)20-11)12(16)18-3/h4-6H2,1-3H3,(H,15,17). The topological polar surface area (TPSA) is 102 Å². The molecule has 0 atom stereocenters. The molecule has 0 radical (unpaired) electrons. The van der Waals surface area contributed by atoms with Gasteiger partial charge in [-0.3, -0.25) is 5.32 Å². The monoisotopic (exact) mass is 280 g/mol. The first-order chi connectivity index (χ1) is 9.54. The summed E-state index contributed by atoms with van der Waals surface area (Å²) in [5.41, 5.74) is -0.0827. The van der Waals surface area contributed by atoms with E-state index in [2.05, 4.69) is 10.1 Å². The molecule has 0 saturated carbocycles. The highest BCUT2D eigenvalue weighted by Crippen LogP contribution is 2.27. The number of nitrogens with one attached hydrogen (secondary N) is 1. The van der Waals surface area contributed by atoms with Crippen molar-refractivity contribution in [2.24, 2.45) is 0 Å². The van der Waals surface area contributed by atoms with Gasteiger partial charge in [-0.2, -0.15) is 5.26 Å². The van der Waals surface area contributed by atoms with Crippen molar-refractivity contribution in [3.63, 3.8) is 0 Å². The molecule has 1 N–H and O–H groups in total. The minimum Gasteiger partial charge on any atom is -0.465 e. The van der Waals surface area contributed by atoms with Gasteiger partial charge in [-0.1, -0.05) is 13.3 Å². The van der Waals surface area contributed by atoms with E-state index in [1.54, 1.807) is 0 Å². The minimum absolute atomic E-state index is 0.00106. The van der Waals surface area contributed by atoms with Gasteiger partial charge in [-0.05, 0) is 13.3 Å². The van der Waals surface area contributed by atoms with Gasteiger partial charge in [0.1, 0.15) is 23.0 Å². The van der Waals surface area contributed by atoms with E-state index < -0.39 is 12.1 Å². The molecule has 0 aromatic carbocycles. The van der Waals surface area contributed by atoms with Crippen LogP contribution in [0.25, 0.3) is 0 Å². The van der Waals surface area contributed by atoms with E-state index in [0.717, 1.165) is 12.8 Å². The highest BCUT2D eigenvalue weighted by Gasteiger charge is 2.25. The Morgan fingerprint density at radius 3 is 2.70 bits per heavy atom. The zero-order valence-electron chi connectivity index (χ0n) is 11.6. The van der Waals surface area contributed by atoms with E-state index in [1.165, 1.54) is 14.0 Å². The zero-order chi connectivity index (χ0) is 15.1. The molecule has 1 aromatic heterocycles. The minimum atomic E-state index is -0.736. The van der Waals surface area contributed by atoms with Crippen molar-refractivity contribution >= 4 is 17.9 Å². The SMILES string of the molecule is CCCCOC(=O)Nc1oc(C)c(C(=O)OC)c1C#N. The van der Waals surface area contributed by atoms with Gasteiger partial charge < -0.3 is 13.9 Å².